The van der Waals surface area contributed by atoms with Crippen LogP contribution in [0.5, 0.6) is 5.88 Å². The second-order valence-corrected chi connectivity index (χ2v) is 7.44. The van der Waals surface area contributed by atoms with E-state index in [0.29, 0.717) is 18.3 Å². The second kappa shape index (κ2) is 7.98. The van der Waals surface area contributed by atoms with Gasteiger partial charge in [-0.2, -0.15) is 9.97 Å². The van der Waals surface area contributed by atoms with Crippen LogP contribution in [-0.4, -0.2) is 47.2 Å². The molecule has 8 nitrogen and oxygen atoms in total. The number of ether oxygens (including phenoxy) is 1. The highest BCUT2D eigenvalue weighted by atomic mass is 16.5. The zero-order valence-corrected chi connectivity index (χ0v) is 16.8. The van der Waals surface area contributed by atoms with Crippen LogP contribution in [0.2, 0.25) is 0 Å². The quantitative estimate of drug-likeness (QED) is 0.688. The summed E-state index contributed by atoms with van der Waals surface area (Å²) >= 11 is 0. The number of para-hydroxylation sites is 1. The molecule has 29 heavy (non-hydrogen) atoms. The lowest BCUT2D eigenvalue weighted by atomic mass is 9.96. The van der Waals surface area contributed by atoms with Crippen molar-refractivity contribution in [2.45, 2.75) is 12.8 Å². The summed E-state index contributed by atoms with van der Waals surface area (Å²) in [4.78, 5) is 23.3. The van der Waals surface area contributed by atoms with Crippen molar-refractivity contribution in [2.24, 2.45) is 13.0 Å². The Morgan fingerprint density at radius 3 is 2.79 bits per heavy atom. The maximum atomic E-state index is 12.7. The maximum absolute atomic E-state index is 12.7. The van der Waals surface area contributed by atoms with Crippen LogP contribution in [-0.2, 0) is 7.05 Å². The fraction of sp³-hybridized carbons (Fsp3) is 0.381. The van der Waals surface area contributed by atoms with Gasteiger partial charge in [0.2, 0.25) is 11.8 Å². The Hall–Kier alpha value is -3.29. The highest BCUT2D eigenvalue weighted by Crippen LogP contribution is 2.25. The summed E-state index contributed by atoms with van der Waals surface area (Å²) in [6.07, 6.45) is 3.85. The molecule has 0 bridgehead atoms. The van der Waals surface area contributed by atoms with Crippen molar-refractivity contribution >= 4 is 28.6 Å². The molecular formula is C21H26N6O2. The number of amides is 1. The zero-order chi connectivity index (χ0) is 20.4. The molecule has 0 radical (unpaired) electrons. The Bertz CT molecular complexity index is 1020. The number of anilines is 2. The van der Waals surface area contributed by atoms with Crippen molar-refractivity contribution in [3.63, 3.8) is 0 Å². The number of carbonyl (C=O) groups is 1. The van der Waals surface area contributed by atoms with E-state index in [2.05, 4.69) is 20.2 Å². The normalized spacial score (nSPS) is 14.9. The molecule has 3 heterocycles. The Labute approximate surface area is 169 Å². The summed E-state index contributed by atoms with van der Waals surface area (Å²) in [6, 6.07) is 9.77. The first-order valence-corrected chi connectivity index (χ1v) is 9.81. The molecule has 0 saturated carbocycles. The lowest BCUT2D eigenvalue weighted by Gasteiger charge is -2.32. The average Bonchev–Trinajstić information content (AvgIpc) is 3.09. The maximum Gasteiger partial charge on any atom is 0.253 e. The molecule has 8 heteroatoms. The van der Waals surface area contributed by atoms with Crippen LogP contribution < -0.4 is 20.7 Å². The van der Waals surface area contributed by atoms with Crippen molar-refractivity contribution in [1.82, 2.24) is 19.9 Å². The van der Waals surface area contributed by atoms with Crippen LogP contribution in [0.25, 0.3) is 10.9 Å². The van der Waals surface area contributed by atoms with Crippen molar-refractivity contribution in [1.29, 1.82) is 0 Å². The fourth-order valence-corrected chi connectivity index (χ4v) is 3.92. The first-order valence-electron chi connectivity index (χ1n) is 9.81. The van der Waals surface area contributed by atoms with Gasteiger partial charge >= 0.3 is 0 Å². The molecule has 1 aliphatic rings. The van der Waals surface area contributed by atoms with Gasteiger partial charge in [-0.25, -0.2) is 0 Å². The van der Waals surface area contributed by atoms with Gasteiger partial charge in [-0.05, 0) is 24.8 Å². The van der Waals surface area contributed by atoms with Crippen LogP contribution >= 0.6 is 0 Å². The monoisotopic (exact) mass is 394 g/mol. The van der Waals surface area contributed by atoms with E-state index in [9.17, 15) is 4.79 Å². The first-order chi connectivity index (χ1) is 14.0. The number of nitrogen functional groups attached to an aromatic ring is 1. The van der Waals surface area contributed by atoms with Crippen LogP contribution in [0, 0.1) is 5.92 Å². The number of carbonyl (C=O) groups excluding carboxylic acids is 1. The summed E-state index contributed by atoms with van der Waals surface area (Å²) in [6.45, 7) is 2.38. The van der Waals surface area contributed by atoms with Gasteiger partial charge in [0.25, 0.3) is 5.91 Å². The Morgan fingerprint density at radius 2 is 2.03 bits per heavy atom. The number of nitrogens with two attached hydrogens (primary N) is 1. The van der Waals surface area contributed by atoms with Gasteiger partial charge in [0, 0.05) is 49.8 Å². The van der Waals surface area contributed by atoms with E-state index >= 15 is 0 Å². The fourth-order valence-electron chi connectivity index (χ4n) is 3.92. The molecule has 1 aromatic carbocycles. The van der Waals surface area contributed by atoms with Crippen molar-refractivity contribution in [3.05, 3.63) is 42.1 Å². The first kappa shape index (κ1) is 19.0. The van der Waals surface area contributed by atoms with Gasteiger partial charge in [-0.15, -0.1) is 0 Å². The van der Waals surface area contributed by atoms with Crippen LogP contribution in [0.4, 0.5) is 11.8 Å². The summed E-state index contributed by atoms with van der Waals surface area (Å²) in [7, 11) is 3.53. The van der Waals surface area contributed by atoms with Crippen LogP contribution in [0.3, 0.4) is 0 Å². The minimum absolute atomic E-state index is 0.0162. The number of fused-ring (bicyclic) bond motifs is 1. The highest BCUT2D eigenvalue weighted by Gasteiger charge is 2.22. The SMILES string of the molecule is COc1cc(N2CCC(CNC(=O)c3cn(C)c4ccccc34)CC2)nc(N)n1. The third kappa shape index (κ3) is 3.96. The molecule has 0 atom stereocenters. The number of hydrogen-bond donors (Lipinski definition) is 2. The smallest absolute Gasteiger partial charge is 0.253 e. The molecule has 0 aliphatic carbocycles. The van der Waals surface area contributed by atoms with Crippen molar-refractivity contribution < 1.29 is 9.53 Å². The molecular weight excluding hydrogens is 368 g/mol. The van der Waals surface area contributed by atoms with Crippen LogP contribution in [0.15, 0.2) is 36.5 Å². The molecule has 1 fully saturated rings. The van der Waals surface area contributed by atoms with Gasteiger partial charge in [-0.3, -0.25) is 4.79 Å². The van der Waals surface area contributed by atoms with Gasteiger partial charge in [0.15, 0.2) is 0 Å². The molecule has 1 amide bonds. The molecule has 1 saturated heterocycles. The zero-order valence-electron chi connectivity index (χ0n) is 16.8. The number of nitrogens with one attached hydrogen (secondary N) is 1. The van der Waals surface area contributed by atoms with Crippen molar-refractivity contribution in [2.75, 3.05) is 37.4 Å². The second-order valence-electron chi connectivity index (χ2n) is 7.44. The standard InChI is InChI=1S/C21H26N6O2/c1-26-13-16(15-5-3-4-6-17(15)26)20(28)23-12-14-7-9-27(10-8-14)18-11-19(29-2)25-21(22)24-18/h3-6,11,13-14H,7-10,12H2,1-2H3,(H,23,28)(H2,22,24,25). The van der Waals surface area contributed by atoms with Crippen molar-refractivity contribution in [3.8, 4) is 5.88 Å². The van der Waals surface area contributed by atoms with Gasteiger partial charge in [-0.1, -0.05) is 18.2 Å². The van der Waals surface area contributed by atoms with Gasteiger partial charge in [0.05, 0.1) is 12.7 Å². The van der Waals surface area contributed by atoms with E-state index < -0.39 is 0 Å². The third-order valence-corrected chi connectivity index (χ3v) is 5.55. The number of piperidine rings is 1. The lowest BCUT2D eigenvalue weighted by Crippen LogP contribution is -2.39. The average molecular weight is 394 g/mol. The van der Waals surface area contributed by atoms with Gasteiger partial charge in [0.1, 0.15) is 5.82 Å². The van der Waals surface area contributed by atoms with E-state index in [0.717, 1.165) is 48.2 Å². The molecule has 4 rings (SSSR count). The predicted octanol–water partition coefficient (Wildman–Crippen LogP) is 2.21. The lowest BCUT2D eigenvalue weighted by molar-refractivity contribution is 0.0946. The number of hydrogen-bond acceptors (Lipinski definition) is 6. The van der Waals surface area contributed by atoms with E-state index in [1.54, 1.807) is 13.2 Å². The summed E-state index contributed by atoms with van der Waals surface area (Å²) < 4.78 is 7.17. The van der Waals surface area contributed by atoms with E-state index in [1.165, 1.54) is 0 Å². The summed E-state index contributed by atoms with van der Waals surface area (Å²) in [5, 5.41) is 4.10. The number of rotatable bonds is 5. The molecule has 152 valence electrons. The van der Waals surface area contributed by atoms with E-state index in [1.807, 2.05) is 42.1 Å². The molecule has 3 N–H and O–H groups in total. The summed E-state index contributed by atoms with van der Waals surface area (Å²) in [5.41, 5.74) is 7.55. The molecule has 0 spiro atoms. The van der Waals surface area contributed by atoms with Gasteiger partial charge < -0.3 is 25.3 Å². The number of methoxy groups -OCH3 is 1. The molecule has 0 unspecified atom stereocenters. The van der Waals surface area contributed by atoms with E-state index in [4.69, 9.17) is 10.5 Å². The Balaban J connectivity index is 1.34. The molecule has 1 aliphatic heterocycles. The number of benzene rings is 1. The highest BCUT2D eigenvalue weighted by molar-refractivity contribution is 6.06. The third-order valence-electron chi connectivity index (χ3n) is 5.55. The molecule has 3 aromatic rings. The largest absolute Gasteiger partial charge is 0.481 e. The number of nitrogens with zero attached hydrogens (tertiary/aromatic N) is 4. The Morgan fingerprint density at radius 1 is 1.28 bits per heavy atom. The minimum atomic E-state index is -0.0162. The summed E-state index contributed by atoms with van der Waals surface area (Å²) in [5.74, 6) is 1.89. The van der Waals surface area contributed by atoms with E-state index in [-0.39, 0.29) is 11.9 Å². The number of aromatic nitrogens is 3. The Kier molecular flexibility index (Phi) is 5.24. The van der Waals surface area contributed by atoms with Crippen LogP contribution in [0.1, 0.15) is 23.2 Å². The molecule has 2 aromatic heterocycles. The minimum Gasteiger partial charge on any atom is -0.481 e. The predicted molar refractivity (Wildman–Crippen MR) is 113 cm³/mol. The number of aryl methyl sites for hydroxylation is 1. The topological polar surface area (TPSA) is 98.3 Å².